The van der Waals surface area contributed by atoms with Gasteiger partial charge in [0.2, 0.25) is 0 Å². The molecule has 0 aliphatic heterocycles. The maximum absolute atomic E-state index is 10.8. The lowest BCUT2D eigenvalue weighted by atomic mass is 9.91. The van der Waals surface area contributed by atoms with Gasteiger partial charge in [-0.2, -0.15) is 5.11 Å². The lowest BCUT2D eigenvalue weighted by Crippen LogP contribution is -2.35. The minimum atomic E-state index is -1.21. The van der Waals surface area contributed by atoms with Gasteiger partial charge in [-0.25, -0.2) is 10.3 Å². The molecule has 0 unspecified atom stereocenters. The van der Waals surface area contributed by atoms with Crippen LogP contribution in [-0.4, -0.2) is 23.2 Å². The first-order chi connectivity index (χ1) is 6.13. The van der Waals surface area contributed by atoms with Crippen LogP contribution < -0.4 is 5.73 Å². The second kappa shape index (κ2) is 5.64. The third-order valence-electron chi connectivity index (χ3n) is 2.24. The molecular formula is C8H17N3O2. The van der Waals surface area contributed by atoms with E-state index >= 15 is 0 Å². The summed E-state index contributed by atoms with van der Waals surface area (Å²) in [5.41, 5.74) is 11.0. The zero-order valence-corrected chi connectivity index (χ0v) is 7.92. The Kier molecular flexibility index (Phi) is 5.22. The Morgan fingerprint density at radius 3 is 2.54 bits per heavy atom. The van der Waals surface area contributed by atoms with Crippen LogP contribution in [0.15, 0.2) is 5.11 Å². The van der Waals surface area contributed by atoms with E-state index in [1.165, 1.54) is 0 Å². The summed E-state index contributed by atoms with van der Waals surface area (Å²) in [6.07, 6.45) is 2.25. The van der Waals surface area contributed by atoms with Crippen molar-refractivity contribution in [3.63, 3.8) is 0 Å². The van der Waals surface area contributed by atoms with Crippen molar-refractivity contribution in [2.24, 2.45) is 10.8 Å². The highest BCUT2D eigenvalue weighted by atomic mass is 16.4. The van der Waals surface area contributed by atoms with Crippen molar-refractivity contribution in [2.75, 3.05) is 6.54 Å². The van der Waals surface area contributed by atoms with Gasteiger partial charge < -0.3 is 10.8 Å². The third kappa shape index (κ3) is 3.10. The first-order valence-electron chi connectivity index (χ1n) is 4.45. The van der Waals surface area contributed by atoms with Gasteiger partial charge in [0.1, 0.15) is 0 Å². The summed E-state index contributed by atoms with van der Waals surface area (Å²) in [5.74, 6) is -1.01. The fraction of sp³-hybridized carbons (Fsp3) is 0.875. The fourth-order valence-corrected chi connectivity index (χ4v) is 1.18. The van der Waals surface area contributed by atoms with Crippen LogP contribution in [0.4, 0.5) is 0 Å². The van der Waals surface area contributed by atoms with Crippen LogP contribution in [0.2, 0.25) is 0 Å². The highest BCUT2D eigenvalue weighted by molar-refractivity contribution is 5.78. The van der Waals surface area contributed by atoms with Gasteiger partial charge in [0.15, 0.2) is 5.54 Å². The Labute approximate surface area is 77.8 Å². The van der Waals surface area contributed by atoms with Gasteiger partial charge in [0.05, 0.1) is 0 Å². The summed E-state index contributed by atoms with van der Waals surface area (Å²) in [6, 6.07) is 0. The Morgan fingerprint density at radius 1 is 1.62 bits per heavy atom. The topological polar surface area (TPSA) is 99.5 Å². The van der Waals surface area contributed by atoms with Gasteiger partial charge in [-0.05, 0) is 32.2 Å². The van der Waals surface area contributed by atoms with Crippen LogP contribution in [0.1, 0.15) is 32.6 Å². The number of nitrogens with one attached hydrogen (secondary N) is 1. The normalized spacial score (nSPS) is 14.9. The van der Waals surface area contributed by atoms with E-state index in [9.17, 15) is 4.79 Å². The molecule has 0 spiro atoms. The second-order valence-corrected chi connectivity index (χ2v) is 3.05. The van der Waals surface area contributed by atoms with Crippen molar-refractivity contribution in [1.29, 1.82) is 5.53 Å². The molecule has 0 saturated carbocycles. The number of nitrogens with zero attached hydrogens (tertiary/aromatic N) is 1. The molecule has 0 amide bonds. The molecule has 5 heteroatoms. The molecule has 76 valence electrons. The van der Waals surface area contributed by atoms with Crippen LogP contribution in [0, 0.1) is 5.53 Å². The molecule has 0 aromatic rings. The highest BCUT2D eigenvalue weighted by Crippen LogP contribution is 2.23. The standard InChI is InChI=1S/C8H17N3O2/c1-2-8(11-10,7(12)13)5-3-4-6-9/h10H,2-6,9H2,1H3,(H,12,13)/t8-/m0/s1. The van der Waals surface area contributed by atoms with Crippen LogP contribution in [-0.2, 0) is 4.79 Å². The van der Waals surface area contributed by atoms with Crippen molar-refractivity contribution >= 4 is 5.97 Å². The van der Waals surface area contributed by atoms with Gasteiger partial charge in [-0.15, -0.1) is 0 Å². The smallest absolute Gasteiger partial charge is 0.333 e. The van der Waals surface area contributed by atoms with E-state index in [0.29, 0.717) is 25.8 Å². The molecule has 0 saturated heterocycles. The van der Waals surface area contributed by atoms with Gasteiger partial charge in [-0.1, -0.05) is 6.92 Å². The van der Waals surface area contributed by atoms with E-state index in [2.05, 4.69) is 5.11 Å². The number of hydrogen-bond acceptors (Lipinski definition) is 4. The molecule has 5 nitrogen and oxygen atoms in total. The zero-order valence-electron chi connectivity index (χ0n) is 7.92. The first-order valence-corrected chi connectivity index (χ1v) is 4.45. The van der Waals surface area contributed by atoms with E-state index < -0.39 is 11.5 Å². The molecule has 0 bridgehead atoms. The van der Waals surface area contributed by atoms with Crippen molar-refractivity contribution in [3.05, 3.63) is 0 Å². The van der Waals surface area contributed by atoms with E-state index in [0.717, 1.165) is 6.42 Å². The SMILES string of the molecule is CC[C@@](CCCCN)(N=N)C(=O)O. The zero-order chi connectivity index (χ0) is 10.3. The van der Waals surface area contributed by atoms with Crippen molar-refractivity contribution in [2.45, 2.75) is 38.1 Å². The van der Waals surface area contributed by atoms with Gasteiger partial charge >= 0.3 is 5.97 Å². The Bertz CT molecular complexity index is 184. The third-order valence-corrected chi connectivity index (χ3v) is 2.24. The lowest BCUT2D eigenvalue weighted by Gasteiger charge is -2.20. The monoisotopic (exact) mass is 187 g/mol. The summed E-state index contributed by atoms with van der Waals surface area (Å²) >= 11 is 0. The molecule has 0 aromatic heterocycles. The van der Waals surface area contributed by atoms with Gasteiger partial charge in [0, 0.05) is 0 Å². The van der Waals surface area contributed by atoms with Crippen LogP contribution in [0.5, 0.6) is 0 Å². The van der Waals surface area contributed by atoms with E-state index in [4.69, 9.17) is 16.4 Å². The number of rotatable bonds is 7. The Hall–Kier alpha value is -0.970. The summed E-state index contributed by atoms with van der Waals surface area (Å²) in [4.78, 5) is 10.8. The summed E-state index contributed by atoms with van der Waals surface area (Å²) < 4.78 is 0. The predicted octanol–water partition coefficient (Wildman–Crippen LogP) is 1.38. The molecule has 0 heterocycles. The molecule has 0 rings (SSSR count). The average molecular weight is 187 g/mol. The lowest BCUT2D eigenvalue weighted by molar-refractivity contribution is -0.144. The number of aliphatic carboxylic acids is 1. The summed E-state index contributed by atoms with van der Waals surface area (Å²) in [5, 5.41) is 12.1. The van der Waals surface area contributed by atoms with Crippen molar-refractivity contribution in [1.82, 2.24) is 0 Å². The largest absolute Gasteiger partial charge is 0.479 e. The van der Waals surface area contributed by atoms with E-state index in [1.54, 1.807) is 6.92 Å². The van der Waals surface area contributed by atoms with Crippen LogP contribution >= 0.6 is 0 Å². The number of nitrogens with two attached hydrogens (primary N) is 1. The predicted molar refractivity (Wildman–Crippen MR) is 48.7 cm³/mol. The quantitative estimate of drug-likeness (QED) is 0.414. The molecule has 13 heavy (non-hydrogen) atoms. The first kappa shape index (κ1) is 12.0. The molecule has 0 radical (unpaired) electrons. The molecular weight excluding hydrogens is 170 g/mol. The molecule has 0 aliphatic rings. The minimum Gasteiger partial charge on any atom is -0.479 e. The number of carboxylic acid groups (broad SMARTS) is 1. The van der Waals surface area contributed by atoms with Gasteiger partial charge in [-0.3, -0.25) is 0 Å². The van der Waals surface area contributed by atoms with Crippen molar-refractivity contribution < 1.29 is 9.90 Å². The highest BCUT2D eigenvalue weighted by Gasteiger charge is 2.35. The Balaban J connectivity index is 4.22. The van der Waals surface area contributed by atoms with Gasteiger partial charge in [0.25, 0.3) is 0 Å². The second-order valence-electron chi connectivity index (χ2n) is 3.05. The van der Waals surface area contributed by atoms with Crippen LogP contribution in [0.3, 0.4) is 0 Å². The summed E-state index contributed by atoms with van der Waals surface area (Å²) in [6.45, 7) is 2.28. The molecule has 1 atom stereocenters. The van der Waals surface area contributed by atoms with Crippen molar-refractivity contribution in [3.8, 4) is 0 Å². The number of carbonyl (C=O) groups is 1. The molecule has 4 N–H and O–H groups in total. The number of hydrogen-bond donors (Lipinski definition) is 3. The number of unbranched alkanes of at least 4 members (excludes halogenated alkanes) is 1. The average Bonchev–Trinajstić information content (AvgIpc) is 2.13. The number of carboxylic acids is 1. The fourth-order valence-electron chi connectivity index (χ4n) is 1.18. The summed E-state index contributed by atoms with van der Waals surface area (Å²) in [7, 11) is 0. The van der Waals surface area contributed by atoms with E-state index in [1.807, 2.05) is 0 Å². The van der Waals surface area contributed by atoms with Crippen LogP contribution in [0.25, 0.3) is 0 Å². The Morgan fingerprint density at radius 2 is 2.23 bits per heavy atom. The molecule has 0 fully saturated rings. The maximum Gasteiger partial charge on any atom is 0.333 e. The van der Waals surface area contributed by atoms with E-state index in [-0.39, 0.29) is 0 Å². The molecule has 0 aromatic carbocycles. The molecule has 0 aliphatic carbocycles. The minimum absolute atomic E-state index is 0.358. The maximum atomic E-state index is 10.8.